The van der Waals surface area contributed by atoms with Crippen LogP contribution in [0.4, 0.5) is 28.4 Å². The standard InChI is InChI=1S/C20H15N5O4/c1-11-18(25(28)29)9-8-16-19(11)23-17-10-14(24(26)27)6-7-15(17)20(16)22-13-4-2-12(21)3-5-13/h2-10H,21H2,1H3,(H,22,23). The lowest BCUT2D eigenvalue weighted by atomic mass is 10.0. The van der Waals surface area contributed by atoms with Gasteiger partial charge in [0.2, 0.25) is 0 Å². The zero-order chi connectivity index (χ0) is 20.7. The topological polar surface area (TPSA) is 137 Å². The largest absolute Gasteiger partial charge is 0.399 e. The minimum absolute atomic E-state index is 0.0618. The van der Waals surface area contributed by atoms with Gasteiger partial charge in [0, 0.05) is 40.3 Å². The Bertz CT molecular complexity index is 1300. The summed E-state index contributed by atoms with van der Waals surface area (Å²) in [6.45, 7) is 1.61. The third-order valence-electron chi connectivity index (χ3n) is 4.74. The Kier molecular flexibility index (Phi) is 4.19. The molecule has 4 rings (SSSR count). The number of hydrogen-bond acceptors (Lipinski definition) is 7. The van der Waals surface area contributed by atoms with Crippen LogP contribution in [0.1, 0.15) is 5.56 Å². The second-order valence-corrected chi connectivity index (χ2v) is 6.56. The molecule has 0 saturated carbocycles. The first-order chi connectivity index (χ1) is 13.8. The summed E-state index contributed by atoms with van der Waals surface area (Å²) in [4.78, 5) is 26.1. The third-order valence-corrected chi connectivity index (χ3v) is 4.74. The van der Waals surface area contributed by atoms with Gasteiger partial charge in [0.25, 0.3) is 11.4 Å². The Hall–Kier alpha value is -4.27. The zero-order valence-electron chi connectivity index (χ0n) is 15.2. The molecule has 1 heterocycles. The maximum atomic E-state index is 11.3. The summed E-state index contributed by atoms with van der Waals surface area (Å²) in [5.41, 5.74) is 8.76. The predicted octanol–water partition coefficient (Wildman–Crippen LogP) is 4.84. The monoisotopic (exact) mass is 389 g/mol. The number of aromatic nitrogens is 1. The molecule has 144 valence electrons. The normalized spacial score (nSPS) is 10.9. The minimum Gasteiger partial charge on any atom is -0.399 e. The SMILES string of the molecule is Cc1c([N+](=O)[O-])ccc2c(Nc3ccc(N)cc3)c3ccc([N+](=O)[O-])cc3nc12. The van der Waals surface area contributed by atoms with E-state index in [2.05, 4.69) is 10.3 Å². The van der Waals surface area contributed by atoms with Gasteiger partial charge in [-0.1, -0.05) is 0 Å². The molecule has 3 aromatic carbocycles. The summed E-state index contributed by atoms with van der Waals surface area (Å²) in [6, 6.07) is 14.6. The maximum Gasteiger partial charge on any atom is 0.274 e. The molecule has 0 spiro atoms. The molecule has 0 aliphatic heterocycles. The number of benzene rings is 3. The van der Waals surface area contributed by atoms with Crippen molar-refractivity contribution in [2.75, 3.05) is 11.1 Å². The molecule has 0 saturated heterocycles. The first-order valence-corrected chi connectivity index (χ1v) is 8.63. The van der Waals surface area contributed by atoms with Crippen molar-refractivity contribution in [3.8, 4) is 0 Å². The average Bonchev–Trinajstić information content (AvgIpc) is 2.69. The van der Waals surface area contributed by atoms with Gasteiger partial charge in [-0.2, -0.15) is 0 Å². The fourth-order valence-corrected chi connectivity index (χ4v) is 3.28. The van der Waals surface area contributed by atoms with E-state index in [0.717, 1.165) is 5.69 Å². The van der Waals surface area contributed by atoms with E-state index >= 15 is 0 Å². The van der Waals surface area contributed by atoms with E-state index in [1.165, 1.54) is 18.2 Å². The molecule has 1 aromatic heterocycles. The Morgan fingerprint density at radius 3 is 2.28 bits per heavy atom. The number of anilines is 3. The number of nitrogens with one attached hydrogen (secondary N) is 1. The molecule has 0 fully saturated rings. The smallest absolute Gasteiger partial charge is 0.274 e. The van der Waals surface area contributed by atoms with Crippen molar-refractivity contribution in [2.45, 2.75) is 6.92 Å². The molecule has 0 unspecified atom stereocenters. The Labute approximate surface area is 164 Å². The van der Waals surface area contributed by atoms with E-state index in [1.54, 1.807) is 43.3 Å². The Balaban J connectivity index is 2.05. The van der Waals surface area contributed by atoms with Crippen molar-refractivity contribution in [3.63, 3.8) is 0 Å². The molecule has 0 aliphatic rings. The molecule has 4 aromatic rings. The molecule has 29 heavy (non-hydrogen) atoms. The van der Waals surface area contributed by atoms with Crippen molar-refractivity contribution in [3.05, 3.63) is 80.4 Å². The molecule has 0 atom stereocenters. The van der Waals surface area contributed by atoms with E-state index < -0.39 is 9.85 Å². The number of nitrogens with two attached hydrogens (primary N) is 1. The van der Waals surface area contributed by atoms with E-state index in [4.69, 9.17) is 5.73 Å². The van der Waals surface area contributed by atoms with Crippen LogP contribution in [-0.2, 0) is 0 Å². The summed E-state index contributed by atoms with van der Waals surface area (Å²) in [6.07, 6.45) is 0. The van der Waals surface area contributed by atoms with E-state index in [9.17, 15) is 20.2 Å². The maximum absolute atomic E-state index is 11.3. The second-order valence-electron chi connectivity index (χ2n) is 6.56. The van der Waals surface area contributed by atoms with Crippen LogP contribution in [0.2, 0.25) is 0 Å². The highest BCUT2D eigenvalue weighted by atomic mass is 16.6. The number of nitrogens with zero attached hydrogens (tertiary/aromatic N) is 3. The van der Waals surface area contributed by atoms with Crippen molar-refractivity contribution in [2.24, 2.45) is 0 Å². The Morgan fingerprint density at radius 2 is 1.62 bits per heavy atom. The third kappa shape index (κ3) is 3.14. The van der Waals surface area contributed by atoms with Crippen molar-refractivity contribution < 1.29 is 9.85 Å². The number of nitrogen functional groups attached to an aromatic ring is 1. The van der Waals surface area contributed by atoms with Crippen LogP contribution < -0.4 is 11.1 Å². The molecule has 0 bridgehead atoms. The van der Waals surface area contributed by atoms with Crippen molar-refractivity contribution >= 4 is 50.2 Å². The van der Waals surface area contributed by atoms with Gasteiger partial charge in [0.15, 0.2) is 0 Å². The number of non-ortho nitro benzene ring substituents is 1. The predicted molar refractivity (Wildman–Crippen MR) is 111 cm³/mol. The van der Waals surface area contributed by atoms with Gasteiger partial charge >= 0.3 is 0 Å². The lowest BCUT2D eigenvalue weighted by Gasteiger charge is -2.14. The molecular formula is C20H15N5O4. The summed E-state index contributed by atoms with van der Waals surface area (Å²) in [7, 11) is 0. The molecule has 0 aliphatic carbocycles. The first kappa shape index (κ1) is 18.1. The highest BCUT2D eigenvalue weighted by Gasteiger charge is 2.19. The van der Waals surface area contributed by atoms with Gasteiger partial charge in [-0.25, -0.2) is 4.98 Å². The Morgan fingerprint density at radius 1 is 0.931 bits per heavy atom. The van der Waals surface area contributed by atoms with Crippen LogP contribution in [0, 0.1) is 27.2 Å². The fraction of sp³-hybridized carbons (Fsp3) is 0.0500. The van der Waals surface area contributed by atoms with Gasteiger partial charge in [0.1, 0.15) is 0 Å². The fourth-order valence-electron chi connectivity index (χ4n) is 3.28. The molecule has 0 amide bonds. The molecule has 3 N–H and O–H groups in total. The van der Waals surface area contributed by atoms with Crippen LogP contribution in [0.25, 0.3) is 21.8 Å². The van der Waals surface area contributed by atoms with E-state index in [0.29, 0.717) is 38.7 Å². The van der Waals surface area contributed by atoms with Crippen LogP contribution in [0.5, 0.6) is 0 Å². The van der Waals surface area contributed by atoms with Gasteiger partial charge in [-0.05, 0) is 43.3 Å². The lowest BCUT2D eigenvalue weighted by molar-refractivity contribution is -0.385. The first-order valence-electron chi connectivity index (χ1n) is 8.63. The minimum atomic E-state index is -0.501. The number of hydrogen-bond donors (Lipinski definition) is 2. The summed E-state index contributed by atoms with van der Waals surface area (Å²) in [5.74, 6) is 0. The second kappa shape index (κ2) is 6.71. The molecule has 9 heteroatoms. The van der Waals surface area contributed by atoms with Crippen molar-refractivity contribution in [1.29, 1.82) is 0 Å². The van der Waals surface area contributed by atoms with Crippen LogP contribution in [0.15, 0.2) is 54.6 Å². The number of aryl methyl sites for hydroxylation is 1. The van der Waals surface area contributed by atoms with Gasteiger partial charge in [-0.3, -0.25) is 20.2 Å². The van der Waals surface area contributed by atoms with E-state index in [-0.39, 0.29) is 11.4 Å². The van der Waals surface area contributed by atoms with Gasteiger partial charge < -0.3 is 11.1 Å². The lowest BCUT2D eigenvalue weighted by Crippen LogP contribution is -1.99. The summed E-state index contributed by atoms with van der Waals surface area (Å²) < 4.78 is 0. The molecule has 0 radical (unpaired) electrons. The number of nitro groups is 2. The van der Waals surface area contributed by atoms with Crippen LogP contribution in [-0.4, -0.2) is 14.8 Å². The zero-order valence-corrected chi connectivity index (χ0v) is 15.2. The highest BCUT2D eigenvalue weighted by molar-refractivity contribution is 6.10. The van der Waals surface area contributed by atoms with E-state index in [1.807, 2.05) is 0 Å². The van der Waals surface area contributed by atoms with Gasteiger partial charge in [-0.15, -0.1) is 0 Å². The number of nitro benzene ring substituents is 2. The molecule has 9 nitrogen and oxygen atoms in total. The van der Waals surface area contributed by atoms with Crippen LogP contribution in [0.3, 0.4) is 0 Å². The summed E-state index contributed by atoms with van der Waals surface area (Å²) >= 11 is 0. The highest BCUT2D eigenvalue weighted by Crippen LogP contribution is 2.38. The summed E-state index contributed by atoms with van der Waals surface area (Å²) in [5, 5.41) is 27.2. The average molecular weight is 389 g/mol. The van der Waals surface area contributed by atoms with Gasteiger partial charge in [0.05, 0.1) is 32.1 Å². The quantitative estimate of drug-likeness (QED) is 0.220. The molecular weight excluding hydrogens is 374 g/mol. The van der Waals surface area contributed by atoms with Crippen molar-refractivity contribution in [1.82, 2.24) is 4.98 Å². The number of fused-ring (bicyclic) bond motifs is 2. The number of pyridine rings is 1. The van der Waals surface area contributed by atoms with Crippen LogP contribution >= 0.6 is 0 Å². The number of rotatable bonds is 4.